The van der Waals surface area contributed by atoms with Crippen LogP contribution in [0, 0.1) is 0 Å². The second-order valence-electron chi connectivity index (χ2n) is 3.83. The van der Waals surface area contributed by atoms with E-state index in [1.165, 1.54) is 6.07 Å². The summed E-state index contributed by atoms with van der Waals surface area (Å²) in [6.07, 6.45) is 0. The summed E-state index contributed by atoms with van der Waals surface area (Å²) in [6, 6.07) is 6.92. The minimum absolute atomic E-state index is 0.195. The number of carboxylic acids is 1. The smallest absolute Gasteiger partial charge is 0.352 e. The Balaban J connectivity index is 2.50. The van der Waals surface area contributed by atoms with Crippen molar-refractivity contribution < 1.29 is 14.3 Å². The van der Waals surface area contributed by atoms with Crippen LogP contribution in [0.2, 0.25) is 5.02 Å². The normalized spacial score (nSPS) is 11.4. The molecule has 2 heterocycles. The van der Waals surface area contributed by atoms with Gasteiger partial charge >= 0.3 is 5.97 Å². The molecule has 0 saturated carbocycles. The lowest BCUT2D eigenvalue weighted by atomic mass is 10.2. The average Bonchev–Trinajstić information content (AvgIpc) is 2.78. The van der Waals surface area contributed by atoms with E-state index in [2.05, 4.69) is 0 Å². The maximum atomic E-state index is 11.0. The number of para-hydroxylation sites is 1. The van der Waals surface area contributed by atoms with Crippen LogP contribution in [0.1, 0.15) is 10.5 Å². The van der Waals surface area contributed by atoms with Gasteiger partial charge in [-0.05, 0) is 12.1 Å². The largest absolute Gasteiger partial charge is 0.477 e. The number of aromatic carboxylic acids is 1. The van der Waals surface area contributed by atoms with E-state index in [-0.39, 0.29) is 5.69 Å². The molecule has 0 aliphatic carbocycles. The van der Waals surface area contributed by atoms with Crippen LogP contribution in [-0.2, 0) is 7.05 Å². The van der Waals surface area contributed by atoms with Gasteiger partial charge in [0, 0.05) is 18.5 Å². The van der Waals surface area contributed by atoms with Gasteiger partial charge in [-0.1, -0.05) is 17.7 Å². The summed E-state index contributed by atoms with van der Waals surface area (Å²) in [6.45, 7) is 0. The SMILES string of the molecule is Cn1c(C(=O)O)cc2oc3c(Cl)cccc3c21. The van der Waals surface area contributed by atoms with Crippen LogP contribution in [0.3, 0.4) is 0 Å². The Hall–Kier alpha value is -1.94. The number of hydrogen-bond donors (Lipinski definition) is 1. The molecule has 0 fully saturated rings. The molecule has 0 spiro atoms. The van der Waals surface area contributed by atoms with Gasteiger partial charge in [-0.2, -0.15) is 0 Å². The molecule has 0 saturated heterocycles. The van der Waals surface area contributed by atoms with Crippen LogP contribution in [0.4, 0.5) is 0 Å². The number of nitrogens with zero attached hydrogens (tertiary/aromatic N) is 1. The van der Waals surface area contributed by atoms with Crippen molar-refractivity contribution in [1.29, 1.82) is 0 Å². The van der Waals surface area contributed by atoms with Crippen molar-refractivity contribution in [2.75, 3.05) is 0 Å². The zero-order valence-electron chi connectivity index (χ0n) is 8.90. The van der Waals surface area contributed by atoms with Gasteiger partial charge in [0.1, 0.15) is 5.69 Å². The second-order valence-corrected chi connectivity index (χ2v) is 4.23. The van der Waals surface area contributed by atoms with Gasteiger partial charge in [0.25, 0.3) is 0 Å². The first-order valence-electron chi connectivity index (χ1n) is 4.99. The fourth-order valence-corrected chi connectivity index (χ4v) is 2.29. The number of rotatable bonds is 1. The zero-order chi connectivity index (χ0) is 12.2. The highest BCUT2D eigenvalue weighted by Crippen LogP contribution is 2.34. The Labute approximate surface area is 101 Å². The highest BCUT2D eigenvalue weighted by atomic mass is 35.5. The number of aromatic nitrogens is 1. The molecular formula is C12H8ClNO3. The Bertz CT molecular complexity index is 754. The first-order chi connectivity index (χ1) is 8.09. The Morgan fingerprint density at radius 2 is 2.24 bits per heavy atom. The molecule has 0 aliphatic heterocycles. The fourth-order valence-electron chi connectivity index (χ4n) is 2.08. The molecule has 0 bridgehead atoms. The first-order valence-corrected chi connectivity index (χ1v) is 5.37. The van der Waals surface area contributed by atoms with E-state index >= 15 is 0 Å². The topological polar surface area (TPSA) is 55.4 Å². The number of carbonyl (C=O) groups is 1. The molecule has 0 unspecified atom stereocenters. The monoisotopic (exact) mass is 249 g/mol. The van der Waals surface area contributed by atoms with Gasteiger partial charge < -0.3 is 14.1 Å². The van der Waals surface area contributed by atoms with Gasteiger partial charge in [-0.15, -0.1) is 0 Å². The van der Waals surface area contributed by atoms with E-state index in [0.29, 0.717) is 16.2 Å². The molecule has 1 N–H and O–H groups in total. The minimum Gasteiger partial charge on any atom is -0.477 e. The van der Waals surface area contributed by atoms with Gasteiger partial charge in [-0.25, -0.2) is 4.79 Å². The molecule has 17 heavy (non-hydrogen) atoms. The van der Waals surface area contributed by atoms with E-state index in [9.17, 15) is 4.79 Å². The predicted octanol–water partition coefficient (Wildman–Crippen LogP) is 3.28. The highest BCUT2D eigenvalue weighted by Gasteiger charge is 2.18. The van der Waals surface area contributed by atoms with Crippen LogP contribution in [0.25, 0.3) is 22.1 Å². The lowest BCUT2D eigenvalue weighted by Gasteiger charge is -1.98. The van der Waals surface area contributed by atoms with Crippen molar-refractivity contribution in [3.63, 3.8) is 0 Å². The standard InChI is InChI=1S/C12H8ClNO3/c1-14-8(12(15)16)5-9-10(14)6-3-2-4-7(13)11(6)17-9/h2-5H,1H3,(H,15,16). The molecule has 4 nitrogen and oxygen atoms in total. The van der Waals surface area contributed by atoms with E-state index in [4.69, 9.17) is 21.1 Å². The summed E-state index contributed by atoms with van der Waals surface area (Å²) in [5.41, 5.74) is 2.07. The third-order valence-electron chi connectivity index (χ3n) is 2.85. The van der Waals surface area contributed by atoms with Gasteiger partial charge in [0.05, 0.1) is 10.5 Å². The molecule has 0 atom stereocenters. The number of benzene rings is 1. The van der Waals surface area contributed by atoms with Crippen molar-refractivity contribution in [3.8, 4) is 0 Å². The summed E-state index contributed by atoms with van der Waals surface area (Å²) < 4.78 is 7.18. The van der Waals surface area contributed by atoms with Crippen molar-refractivity contribution in [1.82, 2.24) is 4.57 Å². The number of fused-ring (bicyclic) bond motifs is 3. The number of halogens is 1. The summed E-state index contributed by atoms with van der Waals surface area (Å²) in [7, 11) is 1.70. The molecule has 3 rings (SSSR count). The van der Waals surface area contributed by atoms with Crippen LogP contribution in [0.5, 0.6) is 0 Å². The van der Waals surface area contributed by atoms with E-state index < -0.39 is 5.97 Å². The van der Waals surface area contributed by atoms with Crippen LogP contribution in [-0.4, -0.2) is 15.6 Å². The Kier molecular flexibility index (Phi) is 1.97. The maximum Gasteiger partial charge on any atom is 0.352 e. The molecular weight excluding hydrogens is 242 g/mol. The summed E-state index contributed by atoms with van der Waals surface area (Å²) in [4.78, 5) is 11.0. The molecule has 1 aromatic carbocycles. The number of furan rings is 1. The summed E-state index contributed by atoms with van der Waals surface area (Å²) >= 11 is 6.02. The molecule has 0 amide bonds. The van der Waals surface area contributed by atoms with Crippen molar-refractivity contribution in [2.45, 2.75) is 0 Å². The highest BCUT2D eigenvalue weighted by molar-refractivity contribution is 6.35. The van der Waals surface area contributed by atoms with Gasteiger partial charge in [-0.3, -0.25) is 0 Å². The second kappa shape index (κ2) is 3.28. The molecule has 5 heteroatoms. The van der Waals surface area contributed by atoms with E-state index in [1.54, 1.807) is 17.7 Å². The summed E-state index contributed by atoms with van der Waals surface area (Å²) in [5, 5.41) is 10.4. The van der Waals surface area contributed by atoms with E-state index in [0.717, 1.165) is 10.9 Å². The van der Waals surface area contributed by atoms with Crippen LogP contribution >= 0.6 is 11.6 Å². The number of carboxylic acid groups (broad SMARTS) is 1. The number of hydrogen-bond acceptors (Lipinski definition) is 2. The first kappa shape index (κ1) is 10.2. The molecule has 0 aliphatic rings. The lowest BCUT2D eigenvalue weighted by molar-refractivity contribution is 0.0687. The third kappa shape index (κ3) is 1.27. The van der Waals surface area contributed by atoms with Crippen molar-refractivity contribution >= 4 is 39.6 Å². The minimum atomic E-state index is -0.978. The van der Waals surface area contributed by atoms with Gasteiger partial charge in [0.15, 0.2) is 11.2 Å². The fraction of sp³-hybridized carbons (Fsp3) is 0.0833. The molecule has 0 radical (unpaired) electrons. The van der Waals surface area contributed by atoms with E-state index in [1.807, 2.05) is 12.1 Å². The zero-order valence-corrected chi connectivity index (χ0v) is 9.65. The maximum absolute atomic E-state index is 11.0. The van der Waals surface area contributed by atoms with Crippen LogP contribution < -0.4 is 0 Å². The van der Waals surface area contributed by atoms with Crippen molar-refractivity contribution in [2.24, 2.45) is 7.05 Å². The number of aryl methyl sites for hydroxylation is 1. The van der Waals surface area contributed by atoms with Crippen LogP contribution in [0.15, 0.2) is 28.7 Å². The Morgan fingerprint density at radius 3 is 2.94 bits per heavy atom. The third-order valence-corrected chi connectivity index (χ3v) is 3.15. The van der Waals surface area contributed by atoms with Gasteiger partial charge in [0.2, 0.25) is 0 Å². The molecule has 86 valence electrons. The summed E-state index contributed by atoms with van der Waals surface area (Å²) in [5.74, 6) is -0.978. The predicted molar refractivity (Wildman–Crippen MR) is 64.7 cm³/mol. The quantitative estimate of drug-likeness (QED) is 0.720. The molecule has 2 aromatic heterocycles. The average molecular weight is 250 g/mol. The Morgan fingerprint density at radius 1 is 1.47 bits per heavy atom. The lowest BCUT2D eigenvalue weighted by Crippen LogP contribution is -2.03. The molecule has 3 aromatic rings. The van der Waals surface area contributed by atoms with Crippen molar-refractivity contribution in [3.05, 3.63) is 35.0 Å².